The number of aliphatic imine (C=N–C) groups is 1. The van der Waals surface area contributed by atoms with Crippen LogP contribution in [-0.2, 0) is 12.1 Å². The lowest BCUT2D eigenvalue weighted by atomic mass is 9.80. The summed E-state index contributed by atoms with van der Waals surface area (Å²) in [6.07, 6.45) is 3.72. The summed E-state index contributed by atoms with van der Waals surface area (Å²) >= 11 is 0. The molecule has 1 aliphatic carbocycles. The van der Waals surface area contributed by atoms with Crippen LogP contribution in [0.4, 0.5) is 10.1 Å². The molecule has 2 heterocycles. The molecule has 3 aromatic carbocycles. The van der Waals surface area contributed by atoms with Crippen LogP contribution in [0.3, 0.4) is 0 Å². The summed E-state index contributed by atoms with van der Waals surface area (Å²) in [5, 5.41) is 8.09. The first-order valence-corrected chi connectivity index (χ1v) is 11.7. The first-order chi connectivity index (χ1) is 16.6. The normalized spacial score (nSPS) is 19.5. The Bertz CT molecular complexity index is 1300. The summed E-state index contributed by atoms with van der Waals surface area (Å²) in [4.78, 5) is 4.92. The van der Waals surface area contributed by atoms with Crippen molar-refractivity contribution in [3.05, 3.63) is 119 Å². The van der Waals surface area contributed by atoms with E-state index in [4.69, 9.17) is 10.7 Å². The van der Waals surface area contributed by atoms with E-state index >= 15 is 4.39 Å². The molecule has 3 N–H and O–H groups in total. The first kappa shape index (κ1) is 20.7. The van der Waals surface area contributed by atoms with E-state index in [-0.39, 0.29) is 17.8 Å². The summed E-state index contributed by atoms with van der Waals surface area (Å²) in [6, 6.07) is 27.7. The largest absolute Gasteiger partial charge is 0.386 e. The van der Waals surface area contributed by atoms with Gasteiger partial charge in [-0.1, -0.05) is 60.7 Å². The van der Waals surface area contributed by atoms with Gasteiger partial charge in [0.05, 0.1) is 18.3 Å². The Hall–Kier alpha value is -3.93. The van der Waals surface area contributed by atoms with Gasteiger partial charge in [-0.05, 0) is 54.2 Å². The molecule has 5 nitrogen and oxygen atoms in total. The number of benzene rings is 3. The van der Waals surface area contributed by atoms with E-state index in [0.717, 1.165) is 35.3 Å². The molecule has 1 saturated carbocycles. The van der Waals surface area contributed by atoms with Gasteiger partial charge < -0.3 is 11.1 Å². The number of rotatable bonds is 6. The fraction of sp³-hybridized carbons (Fsp3) is 0.214. The number of nitrogens with two attached hydrogens (primary N) is 1. The lowest BCUT2D eigenvalue weighted by Crippen LogP contribution is -2.41. The van der Waals surface area contributed by atoms with Crippen LogP contribution in [0.5, 0.6) is 0 Å². The number of nitrogens with zero attached hydrogens (tertiary/aromatic N) is 3. The molecule has 6 heteroatoms. The highest BCUT2D eigenvalue weighted by Gasteiger charge is 2.52. The van der Waals surface area contributed by atoms with Gasteiger partial charge in [-0.15, -0.1) is 0 Å². The summed E-state index contributed by atoms with van der Waals surface area (Å²) in [6.45, 7) is 0.431. The highest BCUT2D eigenvalue weighted by molar-refractivity contribution is 5.82. The van der Waals surface area contributed by atoms with Gasteiger partial charge in [0.25, 0.3) is 0 Å². The molecule has 0 spiro atoms. The molecule has 4 aromatic rings. The second-order valence-corrected chi connectivity index (χ2v) is 9.11. The maximum Gasteiger partial charge on any atom is 0.135 e. The quantitative estimate of drug-likeness (QED) is 0.421. The molecule has 0 amide bonds. The van der Waals surface area contributed by atoms with Gasteiger partial charge in [-0.2, -0.15) is 5.10 Å². The molecule has 0 saturated heterocycles. The van der Waals surface area contributed by atoms with Crippen LogP contribution >= 0.6 is 0 Å². The molecule has 0 radical (unpaired) electrons. The number of anilines is 1. The van der Waals surface area contributed by atoms with E-state index in [1.54, 1.807) is 12.3 Å². The number of amidine groups is 1. The molecular weight excluding hydrogens is 425 g/mol. The summed E-state index contributed by atoms with van der Waals surface area (Å²) in [5.41, 5.74) is 9.96. The van der Waals surface area contributed by atoms with E-state index in [0.29, 0.717) is 17.9 Å². The molecule has 34 heavy (non-hydrogen) atoms. The summed E-state index contributed by atoms with van der Waals surface area (Å²) in [7, 11) is 0. The van der Waals surface area contributed by atoms with Crippen LogP contribution < -0.4 is 11.1 Å². The molecule has 6 rings (SSSR count). The fourth-order valence-electron chi connectivity index (χ4n) is 5.20. The molecule has 1 aliphatic heterocycles. The zero-order chi connectivity index (χ0) is 23.1. The number of aromatic nitrogens is 2. The molecular formula is C28H26FN5. The number of hydrogen-bond acceptors (Lipinski definition) is 4. The molecule has 1 unspecified atom stereocenters. The topological polar surface area (TPSA) is 68.2 Å². The molecule has 1 atom stereocenters. The Morgan fingerprint density at radius 2 is 1.62 bits per heavy atom. The Morgan fingerprint density at radius 3 is 2.26 bits per heavy atom. The number of nitrogens with one attached hydrogen (secondary N) is 1. The Kier molecular flexibility index (Phi) is 4.94. The van der Waals surface area contributed by atoms with Gasteiger partial charge in [-0.3, -0.25) is 9.67 Å². The lowest BCUT2D eigenvalue weighted by Gasteiger charge is -2.35. The van der Waals surface area contributed by atoms with E-state index in [2.05, 4.69) is 34.7 Å². The minimum absolute atomic E-state index is 0.0805. The zero-order valence-electron chi connectivity index (χ0n) is 18.7. The van der Waals surface area contributed by atoms with Gasteiger partial charge in [0.1, 0.15) is 17.2 Å². The van der Waals surface area contributed by atoms with Crippen molar-refractivity contribution >= 4 is 11.5 Å². The SMILES string of the molecule is NC1=NC(c2cc(NC(c3ccccc3)c3ccccc3)ccc2F)(C2CC2)c2ccnn2C1. The molecule has 1 fully saturated rings. The van der Waals surface area contributed by atoms with E-state index in [1.807, 2.05) is 53.2 Å². The van der Waals surface area contributed by atoms with Crippen molar-refractivity contribution in [2.45, 2.75) is 31.0 Å². The smallest absolute Gasteiger partial charge is 0.135 e. The molecule has 1 aromatic heterocycles. The maximum absolute atomic E-state index is 15.5. The van der Waals surface area contributed by atoms with E-state index in [9.17, 15) is 0 Å². The summed E-state index contributed by atoms with van der Waals surface area (Å²) in [5.74, 6) is 0.400. The van der Waals surface area contributed by atoms with Crippen LogP contribution in [0.25, 0.3) is 0 Å². The second-order valence-electron chi connectivity index (χ2n) is 9.11. The summed E-state index contributed by atoms with van der Waals surface area (Å²) < 4.78 is 17.4. The van der Waals surface area contributed by atoms with Crippen molar-refractivity contribution in [3.8, 4) is 0 Å². The number of halogens is 1. The average molecular weight is 452 g/mol. The second kappa shape index (κ2) is 8.13. The molecule has 0 bridgehead atoms. The van der Waals surface area contributed by atoms with Crippen molar-refractivity contribution in [1.82, 2.24) is 9.78 Å². The van der Waals surface area contributed by atoms with Crippen molar-refractivity contribution in [3.63, 3.8) is 0 Å². The third kappa shape index (κ3) is 3.46. The van der Waals surface area contributed by atoms with Gasteiger partial charge in [0.15, 0.2) is 0 Å². The van der Waals surface area contributed by atoms with Gasteiger partial charge in [-0.25, -0.2) is 4.39 Å². The Balaban J connectivity index is 1.46. The maximum atomic E-state index is 15.5. The third-order valence-corrected chi connectivity index (χ3v) is 6.86. The fourth-order valence-corrected chi connectivity index (χ4v) is 5.20. The van der Waals surface area contributed by atoms with Crippen LogP contribution in [-0.4, -0.2) is 15.6 Å². The minimum Gasteiger partial charge on any atom is -0.386 e. The van der Waals surface area contributed by atoms with Crippen molar-refractivity contribution < 1.29 is 4.39 Å². The minimum atomic E-state index is -0.852. The monoisotopic (exact) mass is 451 g/mol. The van der Waals surface area contributed by atoms with Crippen LogP contribution in [0.15, 0.2) is 96.1 Å². The third-order valence-electron chi connectivity index (χ3n) is 6.86. The molecule has 2 aliphatic rings. The van der Waals surface area contributed by atoms with Crippen molar-refractivity contribution in [2.75, 3.05) is 5.32 Å². The lowest BCUT2D eigenvalue weighted by molar-refractivity contribution is 0.393. The zero-order valence-corrected chi connectivity index (χ0v) is 18.7. The Morgan fingerprint density at radius 1 is 0.941 bits per heavy atom. The average Bonchev–Trinajstić information content (AvgIpc) is 3.62. The van der Waals surface area contributed by atoms with Crippen LogP contribution in [0.2, 0.25) is 0 Å². The first-order valence-electron chi connectivity index (χ1n) is 11.7. The van der Waals surface area contributed by atoms with Crippen molar-refractivity contribution in [1.29, 1.82) is 0 Å². The van der Waals surface area contributed by atoms with Gasteiger partial charge in [0, 0.05) is 17.4 Å². The van der Waals surface area contributed by atoms with Gasteiger partial charge in [0.2, 0.25) is 0 Å². The predicted octanol–water partition coefficient (Wildman–Crippen LogP) is 5.25. The van der Waals surface area contributed by atoms with Crippen molar-refractivity contribution in [2.24, 2.45) is 16.6 Å². The van der Waals surface area contributed by atoms with Crippen LogP contribution in [0, 0.1) is 11.7 Å². The highest BCUT2D eigenvalue weighted by Crippen LogP contribution is 2.54. The predicted molar refractivity (Wildman–Crippen MR) is 132 cm³/mol. The Labute approximate surface area is 198 Å². The standard InChI is InChI=1S/C28H26FN5/c29-24-14-13-22(32-27(19-7-3-1-4-8-19)20-9-5-2-6-10-20)17-23(24)28(21-11-12-21)25-15-16-31-34(25)18-26(30)33-28/h1-10,13-17,21,27,32H,11-12,18H2,(H2,30,33). The molecule has 170 valence electrons. The highest BCUT2D eigenvalue weighted by atomic mass is 19.1. The van der Waals surface area contributed by atoms with E-state index < -0.39 is 5.54 Å². The van der Waals surface area contributed by atoms with Crippen LogP contribution in [0.1, 0.15) is 41.3 Å². The van der Waals surface area contributed by atoms with Gasteiger partial charge >= 0.3 is 0 Å². The number of hydrogen-bond donors (Lipinski definition) is 2. The van der Waals surface area contributed by atoms with E-state index in [1.165, 1.54) is 6.07 Å². The number of fused-ring (bicyclic) bond motifs is 1.